The number of nitrogens with zero attached hydrogens (tertiary/aromatic N) is 2. The summed E-state index contributed by atoms with van der Waals surface area (Å²) in [6, 6.07) is 9.25. The van der Waals surface area contributed by atoms with E-state index >= 15 is 0 Å². The number of benzene rings is 2. The lowest BCUT2D eigenvalue weighted by Gasteiger charge is -2.25. The highest BCUT2D eigenvalue weighted by Crippen LogP contribution is 2.27. The topological polar surface area (TPSA) is 110 Å². The van der Waals surface area contributed by atoms with Crippen molar-refractivity contribution >= 4 is 17.4 Å². The maximum Gasteiger partial charge on any atom is 0.330 e. The maximum atomic E-state index is 14.5. The van der Waals surface area contributed by atoms with Crippen molar-refractivity contribution in [1.29, 1.82) is 0 Å². The molecule has 0 saturated heterocycles. The van der Waals surface area contributed by atoms with Crippen LogP contribution in [0.1, 0.15) is 35.7 Å². The van der Waals surface area contributed by atoms with Gasteiger partial charge in [-0.2, -0.15) is 0 Å². The summed E-state index contributed by atoms with van der Waals surface area (Å²) in [4.78, 5) is 41.7. The molecular formula is C23H24F2N4O4. The molecule has 0 aliphatic heterocycles. The summed E-state index contributed by atoms with van der Waals surface area (Å²) in [5, 5.41) is 0. The summed E-state index contributed by atoms with van der Waals surface area (Å²) in [7, 11) is 1.44. The average molecular weight is 458 g/mol. The zero-order valence-electron chi connectivity index (χ0n) is 18.2. The van der Waals surface area contributed by atoms with Crippen LogP contribution in [0.2, 0.25) is 0 Å². The SMILES string of the molecule is CCCCn1c(N)c(N(Cc2ccccc2OC)C(=O)c2ccc(F)cc2F)c(=O)[nH]c1=O. The van der Waals surface area contributed by atoms with E-state index in [1.807, 2.05) is 6.92 Å². The number of methoxy groups -OCH3 is 1. The second kappa shape index (κ2) is 10.1. The minimum atomic E-state index is -1.10. The maximum absolute atomic E-state index is 14.5. The fraction of sp³-hybridized carbons (Fsp3) is 0.261. The van der Waals surface area contributed by atoms with Crippen LogP contribution < -0.4 is 26.6 Å². The minimum absolute atomic E-state index is 0.215. The van der Waals surface area contributed by atoms with Gasteiger partial charge in [-0.05, 0) is 24.6 Å². The number of rotatable bonds is 8. The van der Waals surface area contributed by atoms with Crippen molar-refractivity contribution in [3.63, 3.8) is 0 Å². The van der Waals surface area contributed by atoms with Crippen molar-refractivity contribution in [3.05, 3.63) is 86.1 Å². The Kier molecular flexibility index (Phi) is 7.27. The first-order valence-corrected chi connectivity index (χ1v) is 10.3. The molecule has 174 valence electrons. The molecule has 0 aliphatic carbocycles. The number of hydrogen-bond donors (Lipinski definition) is 2. The number of nitrogens with two attached hydrogens (primary N) is 1. The lowest BCUT2D eigenvalue weighted by molar-refractivity contribution is 0.0980. The Hall–Kier alpha value is -3.95. The van der Waals surface area contributed by atoms with E-state index in [1.54, 1.807) is 24.3 Å². The van der Waals surface area contributed by atoms with Crippen molar-refractivity contribution in [3.8, 4) is 5.75 Å². The third kappa shape index (κ3) is 4.94. The summed E-state index contributed by atoms with van der Waals surface area (Å²) >= 11 is 0. The molecule has 1 heterocycles. The Morgan fingerprint density at radius 3 is 2.58 bits per heavy atom. The largest absolute Gasteiger partial charge is 0.496 e. The number of nitrogens with one attached hydrogen (secondary N) is 1. The van der Waals surface area contributed by atoms with Crippen LogP contribution in [0, 0.1) is 11.6 Å². The monoisotopic (exact) mass is 458 g/mol. The highest BCUT2D eigenvalue weighted by atomic mass is 19.1. The van der Waals surface area contributed by atoms with E-state index in [1.165, 1.54) is 7.11 Å². The number of ether oxygens (including phenoxy) is 1. The standard InChI is InChI=1S/C23H24F2N4O4/c1-3-4-11-28-20(26)19(21(30)27-23(28)32)29(13-14-7-5-6-8-18(14)33-2)22(31)16-10-9-15(24)12-17(16)25/h5-10,12H,3-4,11,13,26H2,1-2H3,(H,27,30,32). The Balaban J connectivity index is 2.22. The van der Waals surface area contributed by atoms with Crippen LogP contribution >= 0.6 is 0 Å². The third-order valence-corrected chi connectivity index (χ3v) is 5.15. The molecule has 3 N–H and O–H groups in total. The molecular weight excluding hydrogens is 434 g/mol. The van der Waals surface area contributed by atoms with Gasteiger partial charge < -0.3 is 10.5 Å². The van der Waals surface area contributed by atoms with Gasteiger partial charge in [0.15, 0.2) is 5.69 Å². The number of nitrogen functional groups attached to an aromatic ring is 1. The van der Waals surface area contributed by atoms with Gasteiger partial charge in [0.25, 0.3) is 11.5 Å². The van der Waals surface area contributed by atoms with Gasteiger partial charge in [-0.1, -0.05) is 31.5 Å². The quantitative estimate of drug-likeness (QED) is 0.539. The highest BCUT2D eigenvalue weighted by Gasteiger charge is 2.28. The normalized spacial score (nSPS) is 10.8. The Morgan fingerprint density at radius 1 is 1.18 bits per heavy atom. The molecule has 2 aromatic carbocycles. The Labute approximate surface area is 188 Å². The van der Waals surface area contributed by atoms with Gasteiger partial charge in [0.1, 0.15) is 23.2 Å². The van der Waals surface area contributed by atoms with Gasteiger partial charge in [-0.15, -0.1) is 0 Å². The van der Waals surface area contributed by atoms with Crippen LogP contribution in [-0.2, 0) is 13.1 Å². The van der Waals surface area contributed by atoms with Crippen LogP contribution in [0.4, 0.5) is 20.3 Å². The smallest absolute Gasteiger partial charge is 0.330 e. The van der Waals surface area contributed by atoms with Gasteiger partial charge in [0.2, 0.25) is 0 Å². The van der Waals surface area contributed by atoms with E-state index < -0.39 is 34.4 Å². The molecule has 1 amide bonds. The van der Waals surface area contributed by atoms with E-state index in [2.05, 4.69) is 4.98 Å². The van der Waals surface area contributed by atoms with Crippen molar-refractivity contribution in [2.45, 2.75) is 32.9 Å². The molecule has 0 atom stereocenters. The molecule has 10 heteroatoms. The summed E-state index contributed by atoms with van der Waals surface area (Å²) in [5.41, 5.74) is 4.30. The third-order valence-electron chi connectivity index (χ3n) is 5.15. The van der Waals surface area contributed by atoms with Crippen molar-refractivity contribution < 1.29 is 18.3 Å². The van der Waals surface area contributed by atoms with Crippen LogP contribution in [0.3, 0.4) is 0 Å². The van der Waals surface area contributed by atoms with Crippen LogP contribution in [0.5, 0.6) is 5.75 Å². The molecule has 0 unspecified atom stereocenters. The predicted octanol–water partition coefficient (Wildman–Crippen LogP) is 3.05. The fourth-order valence-corrected chi connectivity index (χ4v) is 3.44. The average Bonchev–Trinajstić information content (AvgIpc) is 2.78. The number of amides is 1. The number of carbonyl (C=O) groups excluding carboxylic acids is 1. The second-order valence-corrected chi connectivity index (χ2v) is 7.33. The number of anilines is 2. The Morgan fingerprint density at radius 2 is 1.91 bits per heavy atom. The number of aromatic nitrogens is 2. The summed E-state index contributed by atoms with van der Waals surface area (Å²) in [6.07, 6.45) is 1.35. The molecule has 0 radical (unpaired) electrons. The minimum Gasteiger partial charge on any atom is -0.496 e. The van der Waals surface area contributed by atoms with Gasteiger partial charge >= 0.3 is 5.69 Å². The van der Waals surface area contributed by atoms with Crippen molar-refractivity contribution in [2.24, 2.45) is 0 Å². The number of carbonyl (C=O) groups is 1. The molecule has 0 bridgehead atoms. The molecule has 0 spiro atoms. The zero-order chi connectivity index (χ0) is 24.1. The number of unbranched alkanes of at least 4 members (excludes halogenated alkanes) is 1. The summed E-state index contributed by atoms with van der Waals surface area (Å²) in [5.74, 6) is -2.70. The van der Waals surface area contributed by atoms with Gasteiger partial charge in [-0.25, -0.2) is 13.6 Å². The molecule has 3 aromatic rings. The van der Waals surface area contributed by atoms with Crippen molar-refractivity contribution in [1.82, 2.24) is 9.55 Å². The number of halogens is 2. The molecule has 0 aliphatic rings. The van der Waals surface area contributed by atoms with E-state index in [9.17, 15) is 23.2 Å². The first-order valence-electron chi connectivity index (χ1n) is 10.3. The lowest BCUT2D eigenvalue weighted by atomic mass is 10.1. The van der Waals surface area contributed by atoms with Crippen molar-refractivity contribution in [2.75, 3.05) is 17.7 Å². The molecule has 3 rings (SSSR count). The van der Waals surface area contributed by atoms with Gasteiger partial charge in [0, 0.05) is 18.2 Å². The Bertz CT molecular complexity index is 1290. The van der Waals surface area contributed by atoms with Crippen LogP contribution in [0.25, 0.3) is 0 Å². The molecule has 1 aromatic heterocycles. The zero-order valence-corrected chi connectivity index (χ0v) is 18.2. The van der Waals surface area contributed by atoms with Crippen LogP contribution in [-0.4, -0.2) is 22.6 Å². The van der Waals surface area contributed by atoms with Gasteiger partial charge in [0.05, 0.1) is 19.2 Å². The first-order chi connectivity index (χ1) is 15.8. The summed E-state index contributed by atoms with van der Waals surface area (Å²) < 4.78 is 34.4. The van der Waals surface area contributed by atoms with E-state index in [0.29, 0.717) is 23.8 Å². The van der Waals surface area contributed by atoms with E-state index in [-0.39, 0.29) is 24.6 Å². The molecule has 0 saturated carbocycles. The first kappa shape index (κ1) is 23.7. The number of hydrogen-bond acceptors (Lipinski definition) is 5. The van der Waals surface area contributed by atoms with Crippen LogP contribution in [0.15, 0.2) is 52.1 Å². The fourth-order valence-electron chi connectivity index (χ4n) is 3.44. The number of H-pyrrole nitrogens is 1. The number of aromatic amines is 1. The van der Waals surface area contributed by atoms with Gasteiger partial charge in [-0.3, -0.25) is 24.0 Å². The lowest BCUT2D eigenvalue weighted by Crippen LogP contribution is -2.41. The summed E-state index contributed by atoms with van der Waals surface area (Å²) in [6.45, 7) is 1.91. The predicted molar refractivity (Wildman–Crippen MR) is 121 cm³/mol. The second-order valence-electron chi connectivity index (χ2n) is 7.33. The molecule has 8 nitrogen and oxygen atoms in total. The van der Waals surface area contributed by atoms with E-state index in [0.717, 1.165) is 28.0 Å². The van der Waals surface area contributed by atoms with E-state index in [4.69, 9.17) is 10.5 Å². The molecule has 0 fully saturated rings. The number of para-hydroxylation sites is 1. The highest BCUT2D eigenvalue weighted by molar-refractivity contribution is 6.07. The molecule has 33 heavy (non-hydrogen) atoms.